The molecule has 6 heteroatoms. The Hall–Kier alpha value is -1.11. The summed E-state index contributed by atoms with van der Waals surface area (Å²) >= 11 is 6.71. The molecule has 0 spiro atoms. The van der Waals surface area contributed by atoms with Crippen LogP contribution in [-0.4, -0.2) is 47.2 Å². The molecule has 1 aliphatic heterocycles. The minimum absolute atomic E-state index is 0.0354. The third-order valence-electron chi connectivity index (χ3n) is 2.65. The van der Waals surface area contributed by atoms with E-state index in [9.17, 15) is 4.79 Å². The average molecular weight is 296 g/mol. The molecule has 1 saturated heterocycles. The summed E-state index contributed by atoms with van der Waals surface area (Å²) in [5.41, 5.74) is 0.811. The van der Waals surface area contributed by atoms with Gasteiger partial charge < -0.3 is 15.0 Å². The number of morpholine rings is 1. The maximum atomic E-state index is 11.8. The first-order valence-electron chi connectivity index (χ1n) is 6.10. The molecule has 1 N–H and O–H groups in total. The number of ether oxygens (including phenoxy) is 1. The Balaban J connectivity index is 1.72. The number of anilines is 1. The largest absolute Gasteiger partial charge is 0.378 e. The maximum absolute atomic E-state index is 11.8. The quantitative estimate of drug-likeness (QED) is 0.864. The van der Waals surface area contributed by atoms with Gasteiger partial charge in [0.2, 0.25) is 5.91 Å². The third-order valence-corrected chi connectivity index (χ3v) is 4.18. The molecular weight excluding hydrogens is 280 g/mol. The summed E-state index contributed by atoms with van der Waals surface area (Å²) in [6, 6.07) is 9.42. The third kappa shape index (κ3) is 4.81. The van der Waals surface area contributed by atoms with Crippen molar-refractivity contribution in [1.82, 2.24) is 4.90 Å². The lowest BCUT2D eigenvalue weighted by atomic mass is 10.3. The zero-order chi connectivity index (χ0) is 13.5. The van der Waals surface area contributed by atoms with E-state index in [0.29, 0.717) is 19.0 Å². The highest BCUT2D eigenvalue weighted by atomic mass is 32.2. The molecule has 1 fully saturated rings. The number of carbonyl (C=O) groups excluding carboxylic acids is 1. The normalized spacial score (nSPS) is 15.1. The van der Waals surface area contributed by atoms with Crippen LogP contribution in [0.5, 0.6) is 0 Å². The van der Waals surface area contributed by atoms with Gasteiger partial charge in [0, 0.05) is 18.8 Å². The summed E-state index contributed by atoms with van der Waals surface area (Å²) in [7, 11) is 0. The predicted molar refractivity (Wildman–Crippen MR) is 82.5 cm³/mol. The van der Waals surface area contributed by atoms with E-state index in [1.807, 2.05) is 30.3 Å². The van der Waals surface area contributed by atoms with Crippen LogP contribution in [0.15, 0.2) is 30.3 Å². The fraction of sp³-hybridized carbons (Fsp3) is 0.385. The van der Waals surface area contributed by atoms with Crippen molar-refractivity contribution in [3.8, 4) is 0 Å². The van der Waals surface area contributed by atoms with Gasteiger partial charge in [0.25, 0.3) is 0 Å². The van der Waals surface area contributed by atoms with Gasteiger partial charge in [-0.2, -0.15) is 0 Å². The molecule has 0 aromatic heterocycles. The van der Waals surface area contributed by atoms with Crippen molar-refractivity contribution in [2.24, 2.45) is 0 Å². The number of hydrogen-bond donors (Lipinski definition) is 1. The highest BCUT2D eigenvalue weighted by Crippen LogP contribution is 2.12. The van der Waals surface area contributed by atoms with Crippen LogP contribution in [0.3, 0.4) is 0 Å². The van der Waals surface area contributed by atoms with E-state index >= 15 is 0 Å². The van der Waals surface area contributed by atoms with Gasteiger partial charge in [-0.3, -0.25) is 4.79 Å². The molecule has 19 heavy (non-hydrogen) atoms. The van der Waals surface area contributed by atoms with Crippen LogP contribution in [0.25, 0.3) is 0 Å². The molecule has 0 atom stereocenters. The summed E-state index contributed by atoms with van der Waals surface area (Å²) in [6.07, 6.45) is 0. The first-order valence-corrected chi connectivity index (χ1v) is 7.49. The Bertz CT molecular complexity index is 434. The number of amides is 1. The monoisotopic (exact) mass is 296 g/mol. The second-order valence-corrected chi connectivity index (χ2v) is 5.68. The van der Waals surface area contributed by atoms with Crippen molar-refractivity contribution in [2.75, 3.05) is 37.4 Å². The number of benzene rings is 1. The summed E-state index contributed by atoms with van der Waals surface area (Å²) in [4.78, 5) is 13.8. The van der Waals surface area contributed by atoms with E-state index < -0.39 is 0 Å². The summed E-state index contributed by atoms with van der Waals surface area (Å²) in [5, 5.41) is 2.84. The summed E-state index contributed by atoms with van der Waals surface area (Å²) < 4.78 is 6.03. The van der Waals surface area contributed by atoms with Gasteiger partial charge in [0.15, 0.2) is 0 Å². The van der Waals surface area contributed by atoms with Crippen LogP contribution in [0.4, 0.5) is 5.69 Å². The molecule has 1 aromatic carbocycles. The molecule has 0 unspecified atom stereocenters. The van der Waals surface area contributed by atoms with Crippen LogP contribution in [0, 0.1) is 0 Å². The average Bonchev–Trinajstić information content (AvgIpc) is 2.47. The second-order valence-electron chi connectivity index (χ2n) is 4.07. The Labute approximate surface area is 122 Å². The van der Waals surface area contributed by atoms with Crippen molar-refractivity contribution in [3.05, 3.63) is 30.3 Å². The first-order chi connectivity index (χ1) is 9.25. The zero-order valence-electron chi connectivity index (χ0n) is 10.5. The van der Waals surface area contributed by atoms with Crippen molar-refractivity contribution < 1.29 is 9.53 Å². The van der Waals surface area contributed by atoms with Gasteiger partial charge >= 0.3 is 0 Å². The number of hydrogen-bond acceptors (Lipinski definition) is 4. The van der Waals surface area contributed by atoms with Gasteiger partial charge in [-0.05, 0) is 12.1 Å². The first kappa shape index (κ1) is 14.3. The van der Waals surface area contributed by atoms with Gasteiger partial charge in [-0.15, -0.1) is 0 Å². The van der Waals surface area contributed by atoms with E-state index in [1.165, 1.54) is 11.8 Å². The standard InChI is InChI=1S/C13H16N2O2S2/c16-12(14-11-4-2-1-3-5-11)10-19-13(18)15-6-8-17-9-7-15/h1-5H,6-10H2,(H,14,16). The van der Waals surface area contributed by atoms with Crippen LogP contribution < -0.4 is 5.32 Å². The second kappa shape index (κ2) is 7.47. The van der Waals surface area contributed by atoms with Crippen molar-refractivity contribution in [3.63, 3.8) is 0 Å². The van der Waals surface area contributed by atoms with Crippen LogP contribution in [0.2, 0.25) is 0 Å². The van der Waals surface area contributed by atoms with E-state index in [1.54, 1.807) is 0 Å². The highest BCUT2D eigenvalue weighted by Gasteiger charge is 2.15. The number of thiocarbonyl (C=S) groups is 1. The van der Waals surface area contributed by atoms with Crippen molar-refractivity contribution in [2.45, 2.75) is 0 Å². The van der Waals surface area contributed by atoms with Gasteiger partial charge in [-0.25, -0.2) is 0 Å². The molecule has 0 radical (unpaired) electrons. The molecule has 102 valence electrons. The predicted octanol–water partition coefficient (Wildman–Crippen LogP) is 1.98. The minimum atomic E-state index is -0.0354. The molecule has 1 amide bonds. The minimum Gasteiger partial charge on any atom is -0.378 e. The van der Waals surface area contributed by atoms with Crippen LogP contribution in [0.1, 0.15) is 0 Å². The SMILES string of the molecule is O=C(CSC(=S)N1CCOCC1)Nc1ccccc1. The van der Waals surface area contributed by atoms with Gasteiger partial charge in [0.05, 0.1) is 19.0 Å². The van der Waals surface area contributed by atoms with Crippen molar-refractivity contribution in [1.29, 1.82) is 0 Å². The molecule has 1 heterocycles. The fourth-order valence-electron chi connectivity index (χ4n) is 1.68. The van der Waals surface area contributed by atoms with E-state index in [2.05, 4.69) is 10.2 Å². The Morgan fingerprint density at radius 1 is 1.32 bits per heavy atom. The molecule has 1 aromatic rings. The molecular formula is C13H16N2O2S2. The fourth-order valence-corrected chi connectivity index (χ4v) is 2.73. The lowest BCUT2D eigenvalue weighted by Gasteiger charge is -2.28. The molecule has 0 bridgehead atoms. The van der Waals surface area contributed by atoms with Crippen LogP contribution >= 0.6 is 24.0 Å². The maximum Gasteiger partial charge on any atom is 0.234 e. The summed E-state index contributed by atoms with van der Waals surface area (Å²) in [6.45, 7) is 3.03. The number of rotatable bonds is 3. The van der Waals surface area contributed by atoms with Gasteiger partial charge in [-0.1, -0.05) is 42.2 Å². The molecule has 2 rings (SSSR count). The van der Waals surface area contributed by atoms with E-state index in [-0.39, 0.29) is 5.91 Å². The van der Waals surface area contributed by atoms with Crippen molar-refractivity contribution >= 4 is 39.9 Å². The number of nitrogens with zero attached hydrogens (tertiary/aromatic N) is 1. The van der Waals surface area contributed by atoms with Gasteiger partial charge in [0.1, 0.15) is 4.32 Å². The lowest BCUT2D eigenvalue weighted by Crippen LogP contribution is -2.39. The number of para-hydroxylation sites is 1. The summed E-state index contributed by atoms with van der Waals surface area (Å²) in [5.74, 6) is 0.303. The number of nitrogens with one attached hydrogen (secondary N) is 1. The Kier molecular flexibility index (Phi) is 5.62. The zero-order valence-corrected chi connectivity index (χ0v) is 12.1. The number of carbonyl (C=O) groups is 1. The Morgan fingerprint density at radius 3 is 2.68 bits per heavy atom. The van der Waals surface area contributed by atoms with E-state index in [4.69, 9.17) is 17.0 Å². The Morgan fingerprint density at radius 2 is 2.00 bits per heavy atom. The highest BCUT2D eigenvalue weighted by molar-refractivity contribution is 8.23. The molecule has 4 nitrogen and oxygen atoms in total. The molecule has 0 saturated carbocycles. The number of thioether (sulfide) groups is 1. The van der Waals surface area contributed by atoms with E-state index in [0.717, 1.165) is 23.1 Å². The van der Waals surface area contributed by atoms with Crippen LogP contribution in [-0.2, 0) is 9.53 Å². The lowest BCUT2D eigenvalue weighted by molar-refractivity contribution is -0.113. The molecule has 1 aliphatic rings. The molecule has 0 aliphatic carbocycles. The topological polar surface area (TPSA) is 41.6 Å². The smallest absolute Gasteiger partial charge is 0.234 e.